The third-order valence-electron chi connectivity index (χ3n) is 6.90. The Morgan fingerprint density at radius 2 is 1.60 bits per heavy atom. The number of amides is 1. The third kappa shape index (κ3) is 8.89. The summed E-state index contributed by atoms with van der Waals surface area (Å²) in [6.07, 6.45) is 8.17. The SMILES string of the molecule is O=C1N=C([N-]c2ccc(NS(=O)(=O)C(F)(F)F)cc2)S/C1=C/c1ccc(OCc2ccc(C3CCCCC3)cc2)cc1.[Na+]. The van der Waals surface area contributed by atoms with E-state index in [1.807, 2.05) is 24.3 Å². The van der Waals surface area contributed by atoms with E-state index >= 15 is 0 Å². The van der Waals surface area contributed by atoms with Crippen molar-refractivity contribution >= 4 is 50.3 Å². The molecule has 0 spiro atoms. The topological polar surface area (TPSA) is 98.9 Å². The van der Waals surface area contributed by atoms with Gasteiger partial charge in [0, 0.05) is 5.69 Å². The fraction of sp³-hybridized carbons (Fsp3) is 0.267. The molecule has 2 aliphatic rings. The van der Waals surface area contributed by atoms with Gasteiger partial charge in [-0.25, -0.2) is 0 Å². The Balaban J connectivity index is 0.00000423. The van der Waals surface area contributed by atoms with Crippen molar-refractivity contribution < 1.29 is 60.7 Å². The fourth-order valence-electron chi connectivity index (χ4n) is 4.67. The number of nitrogens with one attached hydrogen (secondary N) is 1. The Morgan fingerprint density at radius 3 is 2.23 bits per heavy atom. The quantitative estimate of drug-likeness (QED) is 0.269. The number of aliphatic imine (C=N–C) groups is 1. The van der Waals surface area contributed by atoms with Crippen LogP contribution in [0.5, 0.6) is 5.75 Å². The van der Waals surface area contributed by atoms with E-state index in [9.17, 15) is 26.4 Å². The minimum Gasteiger partial charge on any atom is -0.489 e. The van der Waals surface area contributed by atoms with Crippen LogP contribution in [0, 0.1) is 0 Å². The van der Waals surface area contributed by atoms with Crippen molar-refractivity contribution in [1.29, 1.82) is 0 Å². The van der Waals surface area contributed by atoms with Gasteiger partial charge in [0.25, 0.3) is 0 Å². The van der Waals surface area contributed by atoms with E-state index in [-0.39, 0.29) is 46.1 Å². The van der Waals surface area contributed by atoms with Crippen LogP contribution >= 0.6 is 11.8 Å². The number of rotatable bonds is 8. The molecule has 1 aliphatic heterocycles. The van der Waals surface area contributed by atoms with Gasteiger partial charge >= 0.3 is 45.1 Å². The molecule has 3 aromatic carbocycles. The molecule has 1 saturated carbocycles. The zero-order valence-electron chi connectivity index (χ0n) is 23.3. The maximum absolute atomic E-state index is 12.5. The zero-order valence-corrected chi connectivity index (χ0v) is 26.9. The van der Waals surface area contributed by atoms with Gasteiger partial charge in [0.15, 0.2) is 5.91 Å². The molecule has 220 valence electrons. The Labute approximate surface area is 274 Å². The number of thioether (sulfide) groups is 1. The minimum absolute atomic E-state index is 0. The van der Waals surface area contributed by atoms with Crippen molar-refractivity contribution in [2.24, 2.45) is 4.99 Å². The molecule has 5 rings (SSSR count). The van der Waals surface area contributed by atoms with E-state index in [1.165, 1.54) is 54.5 Å². The monoisotopic (exact) mass is 637 g/mol. The first-order valence-corrected chi connectivity index (χ1v) is 15.6. The summed E-state index contributed by atoms with van der Waals surface area (Å²) in [6, 6.07) is 20.9. The predicted molar refractivity (Wildman–Crippen MR) is 159 cm³/mol. The second-order valence-electron chi connectivity index (χ2n) is 9.95. The molecule has 0 aromatic heterocycles. The maximum Gasteiger partial charge on any atom is 1.00 e. The van der Waals surface area contributed by atoms with Gasteiger partial charge in [-0.2, -0.15) is 21.6 Å². The van der Waals surface area contributed by atoms with Crippen LogP contribution in [0.4, 0.5) is 24.5 Å². The van der Waals surface area contributed by atoms with Crippen molar-refractivity contribution in [3.63, 3.8) is 0 Å². The number of anilines is 1. The second-order valence-corrected chi connectivity index (χ2v) is 12.6. The molecule has 1 aliphatic carbocycles. The summed E-state index contributed by atoms with van der Waals surface area (Å²) in [5.74, 6) is 0.902. The molecule has 7 nitrogen and oxygen atoms in total. The van der Waals surface area contributed by atoms with Crippen molar-refractivity contribution in [2.45, 2.75) is 50.1 Å². The normalized spacial score (nSPS) is 16.9. The van der Waals surface area contributed by atoms with Gasteiger partial charge < -0.3 is 15.0 Å². The number of carbonyl (C=O) groups excluding carboxylic acids is 1. The van der Waals surface area contributed by atoms with Gasteiger partial charge in [-0.3, -0.25) is 9.52 Å². The largest absolute Gasteiger partial charge is 1.00 e. The fourth-order valence-corrected chi connectivity index (χ4v) is 6.04. The Kier molecular flexibility index (Phi) is 11.0. The number of carbonyl (C=O) groups is 1. The van der Waals surface area contributed by atoms with Crippen LogP contribution in [0.1, 0.15) is 54.7 Å². The average Bonchev–Trinajstić information content (AvgIpc) is 3.31. The van der Waals surface area contributed by atoms with E-state index < -0.39 is 21.4 Å². The number of nitrogens with zero attached hydrogens (tertiary/aromatic N) is 2. The predicted octanol–water partition coefficient (Wildman–Crippen LogP) is 5.25. The van der Waals surface area contributed by atoms with Gasteiger partial charge in [-0.05, 0) is 76.6 Å². The number of amidine groups is 1. The van der Waals surface area contributed by atoms with Gasteiger partial charge in [-0.15, -0.1) is 0 Å². The molecule has 1 fully saturated rings. The Morgan fingerprint density at radius 1 is 0.953 bits per heavy atom. The van der Waals surface area contributed by atoms with Crippen LogP contribution in [-0.4, -0.2) is 25.0 Å². The number of alkyl halides is 3. The molecule has 1 heterocycles. The number of hydrogen-bond acceptors (Lipinski definition) is 5. The van der Waals surface area contributed by atoms with E-state index in [2.05, 4.69) is 34.6 Å². The number of halogens is 3. The van der Waals surface area contributed by atoms with Gasteiger partial charge in [0.05, 0.1) is 4.91 Å². The molecule has 13 heteroatoms. The van der Waals surface area contributed by atoms with Gasteiger partial charge in [0.2, 0.25) is 0 Å². The van der Waals surface area contributed by atoms with Crippen molar-refractivity contribution in [1.82, 2.24) is 0 Å². The second kappa shape index (κ2) is 14.3. The first kappa shape index (κ1) is 33.1. The molecular weight excluding hydrogens is 610 g/mol. The summed E-state index contributed by atoms with van der Waals surface area (Å²) in [7, 11) is -5.52. The zero-order chi connectivity index (χ0) is 29.7. The minimum atomic E-state index is -5.52. The van der Waals surface area contributed by atoms with Crippen LogP contribution < -0.4 is 39.0 Å². The molecule has 0 saturated heterocycles. The molecule has 0 bridgehead atoms. The molecule has 0 atom stereocenters. The number of hydrogen-bond donors (Lipinski definition) is 1. The van der Waals surface area contributed by atoms with Crippen LogP contribution in [0.2, 0.25) is 0 Å². The summed E-state index contributed by atoms with van der Waals surface area (Å²) in [4.78, 5) is 16.7. The van der Waals surface area contributed by atoms with E-state index in [4.69, 9.17) is 4.74 Å². The summed E-state index contributed by atoms with van der Waals surface area (Å²) >= 11 is 1.05. The molecule has 43 heavy (non-hydrogen) atoms. The Hall–Kier alpha value is -2.77. The van der Waals surface area contributed by atoms with E-state index in [1.54, 1.807) is 6.08 Å². The summed E-state index contributed by atoms with van der Waals surface area (Å²) < 4.78 is 67.5. The van der Waals surface area contributed by atoms with Crippen LogP contribution in [0.25, 0.3) is 11.4 Å². The van der Waals surface area contributed by atoms with Crippen molar-refractivity contribution in [3.8, 4) is 5.75 Å². The standard InChI is InChI=1S/C30H28F3N3O4S2.Na/c31-30(32,33)42(38,39)36-25-14-12-24(13-15-25)34-29-35-28(37)27(41-29)18-20-8-16-26(17-9-20)40-19-21-6-10-23(11-7-21)22-4-2-1-3-5-22;/h6-18,22,36H,1-5,19H2,(H,34,35,37);/q;+1/p-1/b27-18+;. The molecular formula is C30H27F3N3NaO4S2. The molecule has 0 unspecified atom stereocenters. The molecule has 3 aromatic rings. The molecule has 0 radical (unpaired) electrons. The van der Waals surface area contributed by atoms with Crippen molar-refractivity contribution in [2.75, 3.05) is 4.72 Å². The Bertz CT molecular complexity index is 1590. The van der Waals surface area contributed by atoms with Crippen LogP contribution in [0.3, 0.4) is 0 Å². The molecule has 1 N–H and O–H groups in total. The van der Waals surface area contributed by atoms with Crippen LogP contribution in [0.15, 0.2) is 82.7 Å². The van der Waals surface area contributed by atoms with E-state index in [0.717, 1.165) is 35.0 Å². The average molecular weight is 638 g/mol. The first-order chi connectivity index (χ1) is 20.1. The van der Waals surface area contributed by atoms with Gasteiger partial charge in [-0.1, -0.05) is 79.6 Å². The van der Waals surface area contributed by atoms with Crippen LogP contribution in [-0.2, 0) is 21.4 Å². The summed E-state index contributed by atoms with van der Waals surface area (Å²) in [6.45, 7) is 0.452. The maximum atomic E-state index is 12.5. The smallest absolute Gasteiger partial charge is 0.489 e. The van der Waals surface area contributed by atoms with Gasteiger partial charge in [0.1, 0.15) is 12.4 Å². The summed E-state index contributed by atoms with van der Waals surface area (Å²) in [5, 5.41) is 4.37. The van der Waals surface area contributed by atoms with E-state index in [0.29, 0.717) is 23.2 Å². The van der Waals surface area contributed by atoms with Crippen molar-refractivity contribution in [3.05, 3.63) is 99.7 Å². The number of sulfonamides is 1. The first-order valence-electron chi connectivity index (χ1n) is 13.3. The third-order valence-corrected chi connectivity index (χ3v) is 8.89. The number of benzene rings is 3. The number of ether oxygens (including phenoxy) is 1. The summed E-state index contributed by atoms with van der Waals surface area (Å²) in [5.41, 5.74) is -2.14. The molecule has 1 amide bonds.